The van der Waals surface area contributed by atoms with E-state index in [1.807, 2.05) is 30.9 Å². The van der Waals surface area contributed by atoms with Crippen LogP contribution in [0.2, 0.25) is 0 Å². The number of aryl methyl sites for hydroxylation is 2. The van der Waals surface area contributed by atoms with Crippen LogP contribution < -0.4 is 0 Å². The van der Waals surface area contributed by atoms with Crippen molar-refractivity contribution in [3.8, 4) is 0 Å². The molecule has 134 valence electrons. The summed E-state index contributed by atoms with van der Waals surface area (Å²) in [5, 5.41) is 4.77. The number of amides is 1. The van der Waals surface area contributed by atoms with E-state index in [2.05, 4.69) is 24.0 Å². The zero-order valence-corrected chi connectivity index (χ0v) is 16.1. The molecule has 1 aliphatic heterocycles. The lowest BCUT2D eigenvalue weighted by Gasteiger charge is -2.35. The highest BCUT2D eigenvalue weighted by Gasteiger charge is 2.27. The van der Waals surface area contributed by atoms with Crippen molar-refractivity contribution in [1.29, 1.82) is 0 Å². The van der Waals surface area contributed by atoms with E-state index in [0.29, 0.717) is 23.2 Å². The molecule has 2 atom stereocenters. The Morgan fingerprint density at radius 1 is 1.32 bits per heavy atom. The molecule has 1 amide bonds. The molecule has 6 heteroatoms. The fourth-order valence-corrected chi connectivity index (χ4v) is 4.66. The number of hydrogen-bond acceptors (Lipinski definition) is 5. The molecule has 1 aliphatic rings. The maximum absolute atomic E-state index is 13.0. The van der Waals surface area contributed by atoms with E-state index >= 15 is 0 Å². The first-order chi connectivity index (χ1) is 12.0. The molecule has 2 aromatic rings. The Balaban J connectivity index is 1.77. The number of aromatic nitrogens is 2. The van der Waals surface area contributed by atoms with E-state index < -0.39 is 0 Å². The van der Waals surface area contributed by atoms with Crippen LogP contribution in [0.5, 0.6) is 0 Å². The van der Waals surface area contributed by atoms with Gasteiger partial charge in [0.15, 0.2) is 0 Å². The Bertz CT molecular complexity index is 729. The van der Waals surface area contributed by atoms with Gasteiger partial charge in [0.25, 0.3) is 5.91 Å². The van der Waals surface area contributed by atoms with Crippen LogP contribution in [0.3, 0.4) is 0 Å². The number of likely N-dealkylation sites (tertiary alicyclic amines) is 1. The van der Waals surface area contributed by atoms with Crippen LogP contribution in [0.4, 0.5) is 0 Å². The molecule has 2 unspecified atom stereocenters. The maximum atomic E-state index is 13.0. The Hall–Kier alpha value is -1.82. The average molecular weight is 359 g/mol. The minimum Gasteiger partial charge on any atom is -0.361 e. The zero-order chi connectivity index (χ0) is 18.0. The van der Waals surface area contributed by atoms with Gasteiger partial charge in [-0.1, -0.05) is 19.0 Å². The Kier molecular flexibility index (Phi) is 5.47. The molecule has 0 saturated carbocycles. The van der Waals surface area contributed by atoms with Crippen molar-refractivity contribution in [3.05, 3.63) is 40.9 Å². The second-order valence-electron chi connectivity index (χ2n) is 7.10. The molecule has 0 bridgehead atoms. The molecular weight excluding hydrogens is 334 g/mol. The summed E-state index contributed by atoms with van der Waals surface area (Å²) in [5.74, 6) is 2.71. The Morgan fingerprint density at radius 3 is 2.68 bits per heavy atom. The third-order valence-corrected chi connectivity index (χ3v) is 5.72. The minimum absolute atomic E-state index is 0.0905. The van der Waals surface area contributed by atoms with Crippen LogP contribution in [0, 0.1) is 25.7 Å². The lowest BCUT2D eigenvalue weighted by molar-refractivity contribution is 0.0619. The number of carbonyl (C=O) groups is 1. The molecule has 5 nitrogen and oxygen atoms in total. The van der Waals surface area contributed by atoms with Crippen LogP contribution in [0.25, 0.3) is 0 Å². The molecule has 0 N–H and O–H groups in total. The van der Waals surface area contributed by atoms with E-state index in [-0.39, 0.29) is 5.91 Å². The third kappa shape index (κ3) is 4.06. The molecule has 3 heterocycles. The van der Waals surface area contributed by atoms with Gasteiger partial charge >= 0.3 is 0 Å². The Morgan fingerprint density at radius 2 is 2.04 bits per heavy atom. The number of hydrogen-bond donors (Lipinski definition) is 0. The van der Waals surface area contributed by atoms with E-state index in [1.165, 1.54) is 6.42 Å². The minimum atomic E-state index is 0.0905. The molecule has 3 rings (SSSR count). The number of thioether (sulfide) groups is 1. The average Bonchev–Trinajstić information content (AvgIpc) is 2.90. The monoisotopic (exact) mass is 359 g/mol. The van der Waals surface area contributed by atoms with Crippen molar-refractivity contribution in [3.63, 3.8) is 0 Å². The van der Waals surface area contributed by atoms with Gasteiger partial charge in [-0.15, -0.1) is 11.8 Å². The lowest BCUT2D eigenvalue weighted by Crippen LogP contribution is -2.42. The standard InChI is InChI=1S/C19H25N3O2S/c1-12-8-13(2)10-22(9-12)19(23)16-6-5-7-20-18(16)25-11-17-14(3)21-24-15(17)4/h5-7,12-13H,8-11H2,1-4H3. The van der Waals surface area contributed by atoms with Crippen LogP contribution in [0.1, 0.15) is 47.6 Å². The summed E-state index contributed by atoms with van der Waals surface area (Å²) in [4.78, 5) is 19.5. The molecule has 1 saturated heterocycles. The summed E-state index contributed by atoms with van der Waals surface area (Å²) in [7, 11) is 0. The lowest BCUT2D eigenvalue weighted by atomic mass is 9.91. The molecule has 0 aliphatic carbocycles. The summed E-state index contributed by atoms with van der Waals surface area (Å²) >= 11 is 1.57. The quantitative estimate of drug-likeness (QED) is 0.769. The van der Waals surface area contributed by atoms with Crippen molar-refractivity contribution in [2.45, 2.75) is 44.9 Å². The van der Waals surface area contributed by atoms with Crippen molar-refractivity contribution < 1.29 is 9.32 Å². The molecule has 0 aromatic carbocycles. The van der Waals surface area contributed by atoms with Crippen LogP contribution in [-0.2, 0) is 5.75 Å². The molecule has 0 spiro atoms. The van der Waals surface area contributed by atoms with Gasteiger partial charge in [0.1, 0.15) is 10.8 Å². The summed E-state index contributed by atoms with van der Waals surface area (Å²) < 4.78 is 5.22. The van der Waals surface area contributed by atoms with Gasteiger partial charge in [0.2, 0.25) is 0 Å². The Labute approximate surface area is 153 Å². The highest BCUT2D eigenvalue weighted by molar-refractivity contribution is 7.98. The van der Waals surface area contributed by atoms with E-state index in [0.717, 1.165) is 35.1 Å². The second kappa shape index (κ2) is 7.60. The fraction of sp³-hybridized carbons (Fsp3) is 0.526. The number of carbonyl (C=O) groups excluding carboxylic acids is 1. The molecule has 2 aromatic heterocycles. The predicted molar refractivity (Wildman–Crippen MR) is 98.6 cm³/mol. The normalized spacial score (nSPS) is 20.7. The van der Waals surface area contributed by atoms with Gasteiger partial charge in [-0.3, -0.25) is 4.79 Å². The topological polar surface area (TPSA) is 59.2 Å². The number of nitrogens with zero attached hydrogens (tertiary/aromatic N) is 3. The molecule has 25 heavy (non-hydrogen) atoms. The van der Waals surface area contributed by atoms with Gasteiger partial charge in [-0.2, -0.15) is 0 Å². The predicted octanol–water partition coefficient (Wildman–Crippen LogP) is 4.10. The van der Waals surface area contributed by atoms with Crippen molar-refractivity contribution in [2.75, 3.05) is 13.1 Å². The van der Waals surface area contributed by atoms with Crippen molar-refractivity contribution in [2.24, 2.45) is 11.8 Å². The number of piperidine rings is 1. The van der Waals surface area contributed by atoms with Gasteiger partial charge in [0.05, 0.1) is 11.3 Å². The third-order valence-electron chi connectivity index (χ3n) is 4.69. The summed E-state index contributed by atoms with van der Waals surface area (Å²) in [6, 6.07) is 3.72. The van der Waals surface area contributed by atoms with Crippen molar-refractivity contribution in [1.82, 2.24) is 15.0 Å². The first kappa shape index (κ1) is 18.0. The summed E-state index contributed by atoms with van der Waals surface area (Å²) in [5.41, 5.74) is 2.67. The van der Waals surface area contributed by atoms with Crippen LogP contribution in [0.15, 0.2) is 27.9 Å². The van der Waals surface area contributed by atoms with Crippen molar-refractivity contribution >= 4 is 17.7 Å². The highest BCUT2D eigenvalue weighted by atomic mass is 32.2. The van der Waals surface area contributed by atoms with Gasteiger partial charge < -0.3 is 9.42 Å². The molecule has 1 fully saturated rings. The van der Waals surface area contributed by atoms with Crippen LogP contribution >= 0.6 is 11.8 Å². The maximum Gasteiger partial charge on any atom is 0.256 e. The first-order valence-corrected chi connectivity index (χ1v) is 9.73. The van der Waals surface area contributed by atoms with Crippen LogP contribution in [-0.4, -0.2) is 34.0 Å². The summed E-state index contributed by atoms with van der Waals surface area (Å²) in [6.07, 6.45) is 2.93. The smallest absolute Gasteiger partial charge is 0.256 e. The van der Waals surface area contributed by atoms with Gasteiger partial charge in [0, 0.05) is 30.6 Å². The van der Waals surface area contributed by atoms with E-state index in [4.69, 9.17) is 4.52 Å². The first-order valence-electron chi connectivity index (χ1n) is 8.74. The molecule has 0 radical (unpaired) electrons. The molecular formula is C19H25N3O2S. The largest absolute Gasteiger partial charge is 0.361 e. The van der Waals surface area contributed by atoms with Gasteiger partial charge in [-0.05, 0) is 44.2 Å². The van der Waals surface area contributed by atoms with E-state index in [9.17, 15) is 4.79 Å². The summed E-state index contributed by atoms with van der Waals surface area (Å²) in [6.45, 7) is 9.93. The zero-order valence-electron chi connectivity index (χ0n) is 15.3. The number of pyridine rings is 1. The SMILES string of the molecule is Cc1noc(C)c1CSc1ncccc1C(=O)N1CC(C)CC(C)C1. The highest BCUT2D eigenvalue weighted by Crippen LogP contribution is 2.29. The second-order valence-corrected chi connectivity index (χ2v) is 8.07. The van der Waals surface area contributed by atoms with E-state index in [1.54, 1.807) is 18.0 Å². The fourth-order valence-electron chi connectivity index (χ4n) is 3.52. The van der Waals surface area contributed by atoms with Gasteiger partial charge in [-0.25, -0.2) is 4.98 Å². The number of rotatable bonds is 4.